The average molecular weight is 325 g/mol. The molecule has 0 aliphatic heterocycles. The van der Waals surface area contributed by atoms with Gasteiger partial charge in [-0.25, -0.2) is 4.79 Å². The van der Waals surface area contributed by atoms with Crippen LogP contribution >= 0.6 is 0 Å². The van der Waals surface area contributed by atoms with Gasteiger partial charge in [0.2, 0.25) is 0 Å². The van der Waals surface area contributed by atoms with Gasteiger partial charge in [0.25, 0.3) is 0 Å². The van der Waals surface area contributed by atoms with Crippen LogP contribution < -0.4 is 10.6 Å². The number of hydrogen-bond acceptors (Lipinski definition) is 3. The molecule has 1 amide bonds. The van der Waals surface area contributed by atoms with Gasteiger partial charge in [0.15, 0.2) is 0 Å². The molecule has 2 saturated carbocycles. The Morgan fingerprint density at radius 2 is 1.70 bits per heavy atom. The summed E-state index contributed by atoms with van der Waals surface area (Å²) in [4.78, 5) is 11.9. The zero-order valence-electron chi connectivity index (χ0n) is 15.5. The lowest BCUT2D eigenvalue weighted by Gasteiger charge is -2.34. The van der Waals surface area contributed by atoms with E-state index in [-0.39, 0.29) is 6.09 Å². The fourth-order valence-electron chi connectivity index (χ4n) is 4.08. The van der Waals surface area contributed by atoms with Crippen LogP contribution in [0, 0.1) is 17.8 Å². The van der Waals surface area contributed by atoms with Crippen molar-refractivity contribution in [2.75, 3.05) is 13.1 Å². The number of rotatable bonds is 5. The zero-order chi connectivity index (χ0) is 16.9. The maximum atomic E-state index is 11.9. The van der Waals surface area contributed by atoms with Crippen molar-refractivity contribution in [2.45, 2.75) is 84.3 Å². The predicted octanol–water partition coefficient (Wildman–Crippen LogP) is 4.10. The summed E-state index contributed by atoms with van der Waals surface area (Å²) in [6.45, 7) is 9.98. The molecular weight excluding hydrogens is 288 g/mol. The van der Waals surface area contributed by atoms with E-state index in [0.29, 0.717) is 12.0 Å². The first-order valence-corrected chi connectivity index (χ1v) is 9.55. The number of carbonyl (C=O) groups is 1. The molecule has 2 aliphatic carbocycles. The lowest BCUT2D eigenvalue weighted by molar-refractivity contribution is 0.0510. The summed E-state index contributed by atoms with van der Waals surface area (Å²) in [5.74, 6) is 2.24. The Morgan fingerprint density at radius 1 is 1.00 bits per heavy atom. The third kappa shape index (κ3) is 6.33. The number of ether oxygens (including phenoxy) is 1. The van der Waals surface area contributed by atoms with Crippen LogP contribution in [0.5, 0.6) is 0 Å². The van der Waals surface area contributed by atoms with Crippen LogP contribution in [0.3, 0.4) is 0 Å². The number of amides is 1. The van der Waals surface area contributed by atoms with Gasteiger partial charge in [-0.1, -0.05) is 32.6 Å². The fraction of sp³-hybridized carbons (Fsp3) is 0.947. The molecule has 2 N–H and O–H groups in total. The third-order valence-corrected chi connectivity index (χ3v) is 5.50. The molecule has 0 aromatic rings. The highest BCUT2D eigenvalue weighted by molar-refractivity contribution is 5.67. The molecule has 0 spiro atoms. The molecule has 0 heterocycles. The molecule has 4 heteroatoms. The summed E-state index contributed by atoms with van der Waals surface area (Å²) >= 11 is 0. The zero-order valence-corrected chi connectivity index (χ0v) is 15.5. The quantitative estimate of drug-likeness (QED) is 0.800. The lowest BCUT2D eigenvalue weighted by atomic mass is 9.84. The minimum absolute atomic E-state index is 0.286. The summed E-state index contributed by atoms with van der Waals surface area (Å²) in [5, 5.41) is 6.80. The molecule has 0 aromatic heterocycles. The Balaban J connectivity index is 1.75. The fourth-order valence-corrected chi connectivity index (χ4v) is 4.08. The molecule has 134 valence electrons. The molecule has 0 aromatic carbocycles. The maximum Gasteiger partial charge on any atom is 0.407 e. The topological polar surface area (TPSA) is 50.4 Å². The van der Waals surface area contributed by atoms with Gasteiger partial charge in [0.05, 0.1) is 0 Å². The van der Waals surface area contributed by atoms with Crippen LogP contribution in [0.4, 0.5) is 4.79 Å². The van der Waals surface area contributed by atoms with Crippen LogP contribution in [0.2, 0.25) is 0 Å². The Hall–Kier alpha value is -0.770. The van der Waals surface area contributed by atoms with E-state index in [1.807, 2.05) is 20.8 Å². The Labute approximate surface area is 142 Å². The summed E-state index contributed by atoms with van der Waals surface area (Å²) < 4.78 is 5.35. The second-order valence-corrected chi connectivity index (χ2v) is 8.61. The van der Waals surface area contributed by atoms with Crippen molar-refractivity contribution in [1.82, 2.24) is 10.6 Å². The Kier molecular flexibility index (Phi) is 6.75. The maximum absolute atomic E-state index is 11.9. The van der Waals surface area contributed by atoms with E-state index < -0.39 is 5.60 Å². The smallest absolute Gasteiger partial charge is 0.407 e. The normalized spacial score (nSPS) is 31.8. The summed E-state index contributed by atoms with van der Waals surface area (Å²) in [6, 6.07) is 0.548. The second-order valence-electron chi connectivity index (χ2n) is 8.61. The van der Waals surface area contributed by atoms with Gasteiger partial charge in [-0.3, -0.25) is 0 Å². The number of carbonyl (C=O) groups excluding carboxylic acids is 1. The third-order valence-electron chi connectivity index (χ3n) is 5.50. The molecule has 2 fully saturated rings. The highest BCUT2D eigenvalue weighted by Gasteiger charge is 2.29. The molecule has 4 nitrogen and oxygen atoms in total. The average Bonchev–Trinajstić information content (AvgIpc) is 2.87. The van der Waals surface area contributed by atoms with Gasteiger partial charge in [0.1, 0.15) is 5.60 Å². The summed E-state index contributed by atoms with van der Waals surface area (Å²) in [5.41, 5.74) is -0.424. The van der Waals surface area contributed by atoms with Crippen molar-refractivity contribution in [3.05, 3.63) is 0 Å². The SMILES string of the molecule is CC1CCCC1CNC1CCCCC1CNC(=O)OC(C)(C)C. The van der Waals surface area contributed by atoms with Crippen LogP contribution in [0.1, 0.15) is 72.6 Å². The van der Waals surface area contributed by atoms with E-state index in [1.54, 1.807) is 0 Å². The predicted molar refractivity (Wildman–Crippen MR) is 94.5 cm³/mol. The van der Waals surface area contributed by atoms with E-state index in [0.717, 1.165) is 24.9 Å². The standard InChI is InChI=1S/C19H36N2O2/c1-14-8-7-10-15(14)12-20-17-11-6-5-9-16(17)13-21-18(22)23-19(2,3)4/h14-17,20H,5-13H2,1-4H3,(H,21,22). The van der Waals surface area contributed by atoms with E-state index in [4.69, 9.17) is 4.74 Å². The van der Waals surface area contributed by atoms with Gasteiger partial charge in [-0.05, 0) is 64.3 Å². The first-order valence-electron chi connectivity index (χ1n) is 9.55. The largest absolute Gasteiger partial charge is 0.444 e. The van der Waals surface area contributed by atoms with Crippen molar-refractivity contribution >= 4 is 6.09 Å². The van der Waals surface area contributed by atoms with Gasteiger partial charge in [0, 0.05) is 12.6 Å². The van der Waals surface area contributed by atoms with Gasteiger partial charge in [-0.15, -0.1) is 0 Å². The summed E-state index contributed by atoms with van der Waals surface area (Å²) in [7, 11) is 0. The molecule has 0 saturated heterocycles. The van der Waals surface area contributed by atoms with Crippen molar-refractivity contribution < 1.29 is 9.53 Å². The van der Waals surface area contributed by atoms with Gasteiger partial charge in [-0.2, -0.15) is 0 Å². The molecule has 0 radical (unpaired) electrons. The Bertz CT molecular complexity index is 378. The second kappa shape index (κ2) is 8.36. The van der Waals surface area contributed by atoms with Crippen molar-refractivity contribution in [3.63, 3.8) is 0 Å². The molecule has 0 bridgehead atoms. The monoisotopic (exact) mass is 324 g/mol. The van der Waals surface area contributed by atoms with Crippen LogP contribution in [-0.4, -0.2) is 30.8 Å². The van der Waals surface area contributed by atoms with E-state index in [1.165, 1.54) is 44.9 Å². The van der Waals surface area contributed by atoms with Gasteiger partial charge >= 0.3 is 6.09 Å². The highest BCUT2D eigenvalue weighted by Crippen LogP contribution is 2.31. The highest BCUT2D eigenvalue weighted by atomic mass is 16.6. The first-order chi connectivity index (χ1) is 10.8. The van der Waals surface area contributed by atoms with Crippen molar-refractivity contribution in [3.8, 4) is 0 Å². The van der Waals surface area contributed by atoms with Gasteiger partial charge < -0.3 is 15.4 Å². The molecule has 23 heavy (non-hydrogen) atoms. The van der Waals surface area contributed by atoms with E-state index >= 15 is 0 Å². The van der Waals surface area contributed by atoms with E-state index in [2.05, 4.69) is 17.6 Å². The number of hydrogen-bond donors (Lipinski definition) is 2. The van der Waals surface area contributed by atoms with Crippen molar-refractivity contribution in [1.29, 1.82) is 0 Å². The first kappa shape index (κ1) is 18.6. The van der Waals surface area contributed by atoms with Crippen LogP contribution in [-0.2, 0) is 4.74 Å². The molecular formula is C19H36N2O2. The molecule has 2 aliphatic rings. The number of alkyl carbamates (subject to hydrolysis) is 1. The number of nitrogens with one attached hydrogen (secondary N) is 2. The minimum atomic E-state index is -0.424. The van der Waals surface area contributed by atoms with E-state index in [9.17, 15) is 4.79 Å². The molecule has 4 unspecified atom stereocenters. The molecule has 4 atom stereocenters. The van der Waals surface area contributed by atoms with Crippen molar-refractivity contribution in [2.24, 2.45) is 17.8 Å². The van der Waals surface area contributed by atoms with Crippen LogP contribution in [0.15, 0.2) is 0 Å². The molecule has 2 rings (SSSR count). The lowest BCUT2D eigenvalue weighted by Crippen LogP contribution is -2.46. The minimum Gasteiger partial charge on any atom is -0.444 e. The van der Waals surface area contributed by atoms with Crippen LogP contribution in [0.25, 0.3) is 0 Å². The Morgan fingerprint density at radius 3 is 2.35 bits per heavy atom. The summed E-state index contributed by atoms with van der Waals surface area (Å²) in [6.07, 6.45) is 8.89.